The third-order valence-electron chi connectivity index (χ3n) is 2.90. The zero-order chi connectivity index (χ0) is 14.2. The van der Waals surface area contributed by atoms with Crippen LogP contribution >= 0.6 is 0 Å². The van der Waals surface area contributed by atoms with E-state index in [0.717, 1.165) is 25.1 Å². The van der Waals surface area contributed by atoms with Crippen LogP contribution in [0.1, 0.15) is 18.5 Å². The Morgan fingerprint density at radius 2 is 2.30 bits per heavy atom. The number of hydrogen-bond acceptors (Lipinski definition) is 5. The van der Waals surface area contributed by atoms with E-state index in [0.29, 0.717) is 24.9 Å². The summed E-state index contributed by atoms with van der Waals surface area (Å²) < 4.78 is 10.3. The van der Waals surface area contributed by atoms with Gasteiger partial charge in [0.1, 0.15) is 5.75 Å². The van der Waals surface area contributed by atoms with E-state index in [9.17, 15) is 4.79 Å². The van der Waals surface area contributed by atoms with E-state index in [1.807, 2.05) is 12.1 Å². The van der Waals surface area contributed by atoms with Gasteiger partial charge in [0, 0.05) is 26.2 Å². The summed E-state index contributed by atoms with van der Waals surface area (Å²) in [4.78, 5) is 15.7. The van der Waals surface area contributed by atoms with Gasteiger partial charge in [-0.1, -0.05) is 0 Å². The van der Waals surface area contributed by atoms with Gasteiger partial charge in [0.05, 0.1) is 18.5 Å². The van der Waals surface area contributed by atoms with E-state index in [2.05, 4.69) is 15.6 Å². The van der Waals surface area contributed by atoms with Gasteiger partial charge < -0.3 is 20.1 Å². The van der Waals surface area contributed by atoms with E-state index in [4.69, 9.17) is 9.47 Å². The van der Waals surface area contributed by atoms with Crippen LogP contribution in [0.15, 0.2) is 18.3 Å². The van der Waals surface area contributed by atoms with Crippen LogP contribution in [-0.2, 0) is 16.1 Å². The minimum absolute atomic E-state index is 0.0453. The molecule has 1 aliphatic rings. The van der Waals surface area contributed by atoms with Crippen LogP contribution in [0.3, 0.4) is 0 Å². The number of rotatable bonds is 9. The van der Waals surface area contributed by atoms with Crippen molar-refractivity contribution in [2.75, 3.05) is 26.9 Å². The van der Waals surface area contributed by atoms with Crippen LogP contribution in [-0.4, -0.2) is 43.8 Å². The standard InChI is InChI=1S/C14H21N3O3/c1-19-7-6-15-8-12-4-5-13(9-16-12)20-10-14(18)17-11-2-3-11/h4-5,9,11,15H,2-3,6-8,10H2,1H3,(H,17,18). The molecule has 0 unspecified atom stereocenters. The third-order valence-corrected chi connectivity index (χ3v) is 2.90. The maximum atomic E-state index is 11.5. The average molecular weight is 279 g/mol. The highest BCUT2D eigenvalue weighted by atomic mass is 16.5. The summed E-state index contributed by atoms with van der Waals surface area (Å²) in [6.45, 7) is 2.20. The van der Waals surface area contributed by atoms with E-state index < -0.39 is 0 Å². The SMILES string of the molecule is COCCNCc1ccc(OCC(=O)NC2CC2)cn1. The molecule has 0 atom stereocenters. The first kappa shape index (κ1) is 14.7. The second-order valence-electron chi connectivity index (χ2n) is 4.79. The van der Waals surface area contributed by atoms with Crippen LogP contribution in [0.25, 0.3) is 0 Å². The molecule has 6 nitrogen and oxygen atoms in total. The molecule has 6 heteroatoms. The molecule has 0 aliphatic heterocycles. The molecule has 1 heterocycles. The topological polar surface area (TPSA) is 72.5 Å². The van der Waals surface area contributed by atoms with Crippen LogP contribution < -0.4 is 15.4 Å². The van der Waals surface area contributed by atoms with Gasteiger partial charge in [-0.2, -0.15) is 0 Å². The number of nitrogens with one attached hydrogen (secondary N) is 2. The third kappa shape index (κ3) is 5.54. The summed E-state index contributed by atoms with van der Waals surface area (Å²) in [6, 6.07) is 4.07. The lowest BCUT2D eigenvalue weighted by Gasteiger charge is -2.07. The summed E-state index contributed by atoms with van der Waals surface area (Å²) in [5.74, 6) is 0.536. The van der Waals surface area contributed by atoms with Crippen LogP contribution in [0.5, 0.6) is 5.75 Å². The first-order chi connectivity index (χ1) is 9.78. The predicted molar refractivity (Wildman–Crippen MR) is 74.5 cm³/mol. The lowest BCUT2D eigenvalue weighted by Crippen LogP contribution is -2.30. The van der Waals surface area contributed by atoms with Crippen molar-refractivity contribution >= 4 is 5.91 Å². The molecular weight excluding hydrogens is 258 g/mol. The van der Waals surface area contributed by atoms with Crippen LogP contribution in [0, 0.1) is 0 Å². The van der Waals surface area contributed by atoms with Crippen molar-refractivity contribution in [1.82, 2.24) is 15.6 Å². The van der Waals surface area contributed by atoms with E-state index in [1.54, 1.807) is 13.3 Å². The van der Waals surface area contributed by atoms with Gasteiger partial charge in [-0.05, 0) is 25.0 Å². The van der Waals surface area contributed by atoms with Gasteiger partial charge in [0.2, 0.25) is 0 Å². The van der Waals surface area contributed by atoms with Crippen molar-refractivity contribution < 1.29 is 14.3 Å². The largest absolute Gasteiger partial charge is 0.482 e. The first-order valence-corrected chi connectivity index (χ1v) is 6.84. The number of amides is 1. The molecule has 0 spiro atoms. The van der Waals surface area contributed by atoms with E-state index in [-0.39, 0.29) is 12.5 Å². The fourth-order valence-electron chi connectivity index (χ4n) is 1.64. The van der Waals surface area contributed by atoms with Gasteiger partial charge in [0.15, 0.2) is 6.61 Å². The highest BCUT2D eigenvalue weighted by Crippen LogP contribution is 2.18. The van der Waals surface area contributed by atoms with Gasteiger partial charge in [-0.3, -0.25) is 9.78 Å². The van der Waals surface area contributed by atoms with Gasteiger partial charge >= 0.3 is 0 Å². The summed E-state index contributed by atoms with van der Waals surface area (Å²) in [7, 11) is 1.67. The Labute approximate surface area is 118 Å². The minimum Gasteiger partial charge on any atom is -0.482 e. The number of carbonyl (C=O) groups excluding carboxylic acids is 1. The predicted octanol–water partition coefficient (Wildman–Crippen LogP) is 0.475. The van der Waals surface area contributed by atoms with Crippen molar-refractivity contribution in [2.45, 2.75) is 25.4 Å². The van der Waals surface area contributed by atoms with Gasteiger partial charge in [0.25, 0.3) is 5.91 Å². The van der Waals surface area contributed by atoms with Crippen molar-refractivity contribution in [2.24, 2.45) is 0 Å². The lowest BCUT2D eigenvalue weighted by molar-refractivity contribution is -0.123. The smallest absolute Gasteiger partial charge is 0.258 e. The molecule has 1 fully saturated rings. The number of nitrogens with zero attached hydrogens (tertiary/aromatic N) is 1. The molecule has 1 aromatic rings. The lowest BCUT2D eigenvalue weighted by atomic mass is 10.3. The fourth-order valence-corrected chi connectivity index (χ4v) is 1.64. The van der Waals surface area contributed by atoms with Crippen molar-refractivity contribution in [1.29, 1.82) is 0 Å². The van der Waals surface area contributed by atoms with Gasteiger partial charge in [-0.15, -0.1) is 0 Å². The Kier molecular flexibility index (Phi) is 5.76. The number of hydrogen-bond donors (Lipinski definition) is 2. The number of methoxy groups -OCH3 is 1. The highest BCUT2D eigenvalue weighted by Gasteiger charge is 2.23. The maximum absolute atomic E-state index is 11.5. The molecule has 1 amide bonds. The van der Waals surface area contributed by atoms with E-state index in [1.165, 1.54) is 0 Å². The zero-order valence-electron chi connectivity index (χ0n) is 11.7. The van der Waals surface area contributed by atoms with Gasteiger partial charge in [-0.25, -0.2) is 0 Å². The molecule has 1 saturated carbocycles. The molecule has 0 bridgehead atoms. The minimum atomic E-state index is -0.0715. The molecule has 1 aromatic heterocycles. The highest BCUT2D eigenvalue weighted by molar-refractivity contribution is 5.78. The Balaban J connectivity index is 1.66. The normalized spacial score (nSPS) is 14.1. The molecule has 0 radical (unpaired) electrons. The Hall–Kier alpha value is -1.66. The van der Waals surface area contributed by atoms with Crippen LogP contribution in [0.2, 0.25) is 0 Å². The van der Waals surface area contributed by atoms with Crippen LogP contribution in [0.4, 0.5) is 0 Å². The maximum Gasteiger partial charge on any atom is 0.258 e. The summed E-state index contributed by atoms with van der Waals surface area (Å²) >= 11 is 0. The average Bonchev–Trinajstić information content (AvgIpc) is 3.26. The molecule has 20 heavy (non-hydrogen) atoms. The Morgan fingerprint density at radius 3 is 2.95 bits per heavy atom. The quantitative estimate of drug-likeness (QED) is 0.643. The molecule has 0 saturated heterocycles. The molecule has 0 aromatic carbocycles. The number of ether oxygens (including phenoxy) is 2. The Morgan fingerprint density at radius 1 is 1.45 bits per heavy atom. The summed E-state index contributed by atoms with van der Waals surface area (Å²) in [5, 5.41) is 6.08. The second-order valence-corrected chi connectivity index (χ2v) is 4.79. The number of carbonyl (C=O) groups is 1. The van der Waals surface area contributed by atoms with Crippen molar-refractivity contribution in [3.05, 3.63) is 24.0 Å². The summed E-state index contributed by atoms with van der Waals surface area (Å²) in [5.41, 5.74) is 0.927. The molecular formula is C14H21N3O3. The molecule has 2 rings (SSSR count). The Bertz CT molecular complexity index is 418. The molecule has 1 aliphatic carbocycles. The monoisotopic (exact) mass is 279 g/mol. The van der Waals surface area contributed by atoms with Crippen molar-refractivity contribution in [3.63, 3.8) is 0 Å². The second kappa shape index (κ2) is 7.81. The van der Waals surface area contributed by atoms with E-state index >= 15 is 0 Å². The van der Waals surface area contributed by atoms with Crippen molar-refractivity contribution in [3.8, 4) is 5.75 Å². The number of aromatic nitrogens is 1. The fraction of sp³-hybridized carbons (Fsp3) is 0.571. The number of pyridine rings is 1. The molecule has 110 valence electrons. The zero-order valence-corrected chi connectivity index (χ0v) is 11.7. The molecule has 2 N–H and O–H groups in total. The first-order valence-electron chi connectivity index (χ1n) is 6.84. The summed E-state index contributed by atoms with van der Waals surface area (Å²) in [6.07, 6.45) is 3.80.